The van der Waals surface area contributed by atoms with E-state index in [0.717, 1.165) is 49.6 Å². The van der Waals surface area contributed by atoms with Gasteiger partial charge in [-0.2, -0.15) is 0 Å². The van der Waals surface area contributed by atoms with E-state index in [4.69, 9.17) is 4.74 Å². The molecule has 1 fully saturated rings. The van der Waals surface area contributed by atoms with E-state index in [9.17, 15) is 29.4 Å². The van der Waals surface area contributed by atoms with Crippen molar-refractivity contribution in [2.24, 2.45) is 0 Å². The first kappa shape index (κ1) is 44.8. The fraction of sp³-hybridized carbons (Fsp3) is 0.730. The average molecular weight is 735 g/mol. The number of rotatable bonds is 19. The normalized spacial score (nSPS) is 17.0. The molecule has 1 heterocycles. The first-order valence-electron chi connectivity index (χ1n) is 18.9. The van der Waals surface area contributed by atoms with Crippen LogP contribution in [0.3, 0.4) is 0 Å². The zero-order valence-electron chi connectivity index (χ0n) is 32.4. The molecule has 1 aliphatic heterocycles. The molecule has 0 radical (unpaired) electrons. The molecule has 6 N–H and O–H groups in total. The maximum absolute atomic E-state index is 13.2. The Kier molecular flexibility index (Phi) is 21.4. The number of aliphatic hydroxyl groups is 2. The van der Waals surface area contributed by atoms with Gasteiger partial charge in [-0.05, 0) is 70.0 Å². The highest BCUT2D eigenvalue weighted by molar-refractivity contribution is 5.92. The minimum absolute atomic E-state index is 0.0829. The molecular formula is C37H66N8O7. The van der Waals surface area contributed by atoms with E-state index in [1.165, 1.54) is 0 Å². The van der Waals surface area contributed by atoms with Gasteiger partial charge in [0, 0.05) is 78.4 Å². The van der Waals surface area contributed by atoms with Gasteiger partial charge in [0.2, 0.25) is 23.6 Å². The number of aryl methyl sites for hydroxylation is 2. The standard InChI is InChI=1S/C37H66N8O7/c1-7-31(36(50)39-13-12-38-33(46)11-10-22-52-30-24-28(4)23-29(5)25-30)41-37(51)32(8-2)40-34(47)26-44-19-18-43(9-3)16-14-42(6)15-17-45(21-20-44)27-35(48)49/h23-25,31-32,35,48-49H,7-22,26-27H2,1-6H3,(H,38,46)(H,39,50)(H,40,47)(H,41,51). The lowest BCUT2D eigenvalue weighted by atomic mass is 10.1. The molecule has 0 aliphatic carbocycles. The molecule has 1 aliphatic rings. The summed E-state index contributed by atoms with van der Waals surface area (Å²) in [6, 6.07) is 4.39. The van der Waals surface area contributed by atoms with Gasteiger partial charge in [-0.25, -0.2) is 0 Å². The molecule has 1 saturated heterocycles. The third-order valence-corrected chi connectivity index (χ3v) is 9.16. The van der Waals surface area contributed by atoms with Crippen LogP contribution >= 0.6 is 0 Å². The molecule has 2 unspecified atom stereocenters. The quantitative estimate of drug-likeness (QED) is 0.0810. The van der Waals surface area contributed by atoms with Crippen LogP contribution in [0.25, 0.3) is 0 Å². The van der Waals surface area contributed by atoms with Crippen LogP contribution < -0.4 is 26.0 Å². The predicted octanol–water partition coefficient (Wildman–Crippen LogP) is -0.334. The van der Waals surface area contributed by atoms with Crippen molar-refractivity contribution in [3.8, 4) is 5.75 Å². The number of nitrogens with zero attached hydrogens (tertiary/aromatic N) is 4. The van der Waals surface area contributed by atoms with Crippen LogP contribution in [-0.4, -0.2) is 171 Å². The Bertz CT molecular complexity index is 1220. The number of hydrogen-bond acceptors (Lipinski definition) is 11. The average Bonchev–Trinajstić information content (AvgIpc) is 3.09. The molecule has 15 heteroatoms. The predicted molar refractivity (Wildman–Crippen MR) is 202 cm³/mol. The molecule has 0 bridgehead atoms. The van der Waals surface area contributed by atoms with Gasteiger partial charge in [-0.3, -0.25) is 29.0 Å². The first-order valence-corrected chi connectivity index (χ1v) is 18.9. The van der Waals surface area contributed by atoms with Gasteiger partial charge in [-0.15, -0.1) is 0 Å². The van der Waals surface area contributed by atoms with Crippen molar-refractivity contribution in [1.82, 2.24) is 40.9 Å². The Labute approximate surface area is 310 Å². The molecule has 296 valence electrons. The van der Waals surface area contributed by atoms with Gasteiger partial charge in [-0.1, -0.05) is 26.8 Å². The Morgan fingerprint density at radius 2 is 1.29 bits per heavy atom. The van der Waals surface area contributed by atoms with Crippen molar-refractivity contribution < 1.29 is 34.1 Å². The van der Waals surface area contributed by atoms with Crippen molar-refractivity contribution in [3.63, 3.8) is 0 Å². The summed E-state index contributed by atoms with van der Waals surface area (Å²) in [5.41, 5.74) is 2.24. The topological polar surface area (TPSA) is 179 Å². The SMILES string of the molecule is CCC(NC(=O)CN1CCN(CC)CCN(C)CCN(CC(O)O)CC1)C(=O)NC(CC)C(=O)NCCNC(=O)CCCOc1cc(C)cc(C)c1. The van der Waals surface area contributed by atoms with E-state index in [0.29, 0.717) is 58.5 Å². The van der Waals surface area contributed by atoms with E-state index in [2.05, 4.69) is 51.1 Å². The van der Waals surface area contributed by atoms with E-state index in [1.54, 1.807) is 13.8 Å². The summed E-state index contributed by atoms with van der Waals surface area (Å²) in [6.07, 6.45) is 0.114. The molecule has 4 amide bonds. The highest BCUT2D eigenvalue weighted by atomic mass is 16.5. The van der Waals surface area contributed by atoms with E-state index in [1.807, 2.05) is 35.8 Å². The molecule has 0 aromatic heterocycles. The number of carbonyl (C=O) groups is 4. The van der Waals surface area contributed by atoms with Crippen LogP contribution in [0.5, 0.6) is 5.75 Å². The number of carbonyl (C=O) groups excluding carboxylic acids is 4. The fourth-order valence-electron chi connectivity index (χ4n) is 5.98. The summed E-state index contributed by atoms with van der Waals surface area (Å²) in [6.45, 7) is 17.5. The van der Waals surface area contributed by atoms with E-state index in [-0.39, 0.29) is 43.9 Å². The van der Waals surface area contributed by atoms with Gasteiger partial charge >= 0.3 is 0 Å². The number of aliphatic hydroxyl groups excluding tert-OH is 1. The highest BCUT2D eigenvalue weighted by Crippen LogP contribution is 2.16. The van der Waals surface area contributed by atoms with Crippen LogP contribution in [0.15, 0.2) is 18.2 Å². The van der Waals surface area contributed by atoms with Crippen molar-refractivity contribution in [2.75, 3.05) is 98.7 Å². The van der Waals surface area contributed by atoms with Gasteiger partial charge in [0.25, 0.3) is 0 Å². The van der Waals surface area contributed by atoms with Crippen molar-refractivity contribution in [2.45, 2.75) is 78.7 Å². The molecule has 0 spiro atoms. The Morgan fingerprint density at radius 3 is 1.90 bits per heavy atom. The van der Waals surface area contributed by atoms with E-state index < -0.39 is 24.3 Å². The molecule has 52 heavy (non-hydrogen) atoms. The van der Waals surface area contributed by atoms with Gasteiger partial charge in [0.15, 0.2) is 6.29 Å². The number of hydrogen-bond donors (Lipinski definition) is 6. The smallest absolute Gasteiger partial charge is 0.243 e. The van der Waals surface area contributed by atoms with Crippen molar-refractivity contribution in [1.29, 1.82) is 0 Å². The maximum atomic E-state index is 13.2. The van der Waals surface area contributed by atoms with Gasteiger partial charge < -0.3 is 46.0 Å². The summed E-state index contributed by atoms with van der Waals surface area (Å²) >= 11 is 0. The zero-order valence-corrected chi connectivity index (χ0v) is 32.4. The van der Waals surface area contributed by atoms with E-state index >= 15 is 0 Å². The number of β-amino-alcohol motifs (C(OH)–C–C–N with tert-alkyl or cyclic N) is 2. The lowest BCUT2D eigenvalue weighted by molar-refractivity contribution is -0.132. The second kappa shape index (κ2) is 24.8. The second-order valence-corrected chi connectivity index (χ2v) is 13.7. The zero-order chi connectivity index (χ0) is 38.5. The Hall–Kier alpha value is -3.34. The molecule has 1 aromatic carbocycles. The first-order chi connectivity index (χ1) is 24.8. The van der Waals surface area contributed by atoms with Crippen LogP contribution in [0.2, 0.25) is 0 Å². The van der Waals surface area contributed by atoms with Crippen LogP contribution in [0.4, 0.5) is 0 Å². The minimum Gasteiger partial charge on any atom is -0.494 e. The number of likely N-dealkylation sites (N-methyl/N-ethyl adjacent to an activating group) is 2. The summed E-state index contributed by atoms with van der Waals surface area (Å²) < 4.78 is 5.76. The third-order valence-electron chi connectivity index (χ3n) is 9.16. The van der Waals surface area contributed by atoms with Gasteiger partial charge in [0.1, 0.15) is 17.8 Å². The molecule has 2 atom stereocenters. The number of nitrogens with one attached hydrogen (secondary N) is 4. The molecule has 1 aromatic rings. The monoisotopic (exact) mass is 735 g/mol. The molecule has 15 nitrogen and oxygen atoms in total. The number of benzene rings is 1. The second-order valence-electron chi connectivity index (χ2n) is 13.7. The Balaban J connectivity index is 1.80. The van der Waals surface area contributed by atoms with Gasteiger partial charge in [0.05, 0.1) is 13.2 Å². The summed E-state index contributed by atoms with van der Waals surface area (Å²) in [4.78, 5) is 60.2. The number of amides is 4. The summed E-state index contributed by atoms with van der Waals surface area (Å²) in [5.74, 6) is -0.443. The van der Waals surface area contributed by atoms with Crippen LogP contribution in [0.1, 0.15) is 57.6 Å². The lowest BCUT2D eigenvalue weighted by Crippen LogP contribution is -2.55. The highest BCUT2D eigenvalue weighted by Gasteiger charge is 2.26. The van der Waals surface area contributed by atoms with Crippen molar-refractivity contribution in [3.05, 3.63) is 29.3 Å². The largest absolute Gasteiger partial charge is 0.494 e. The van der Waals surface area contributed by atoms with Crippen LogP contribution in [-0.2, 0) is 19.2 Å². The molecule has 0 saturated carbocycles. The lowest BCUT2D eigenvalue weighted by Gasteiger charge is -2.33. The van der Waals surface area contributed by atoms with Crippen LogP contribution in [0, 0.1) is 13.8 Å². The maximum Gasteiger partial charge on any atom is 0.243 e. The fourth-order valence-corrected chi connectivity index (χ4v) is 5.98. The molecule has 2 rings (SSSR count). The summed E-state index contributed by atoms with van der Waals surface area (Å²) in [7, 11) is 2.06. The third kappa shape index (κ3) is 18.4. The van der Waals surface area contributed by atoms with Crippen molar-refractivity contribution >= 4 is 23.6 Å². The minimum atomic E-state index is -1.44. The summed E-state index contributed by atoms with van der Waals surface area (Å²) in [5, 5.41) is 30.4. The Morgan fingerprint density at radius 1 is 0.731 bits per heavy atom. The molecular weight excluding hydrogens is 668 g/mol. The number of ether oxygens (including phenoxy) is 1.